The van der Waals surface area contributed by atoms with Crippen LogP contribution in [0, 0.1) is 0 Å². The van der Waals surface area contributed by atoms with Crippen LogP contribution in [0.3, 0.4) is 0 Å². The average molecular weight is 445 g/mol. The number of rotatable bonds is 6. The molecule has 4 aromatic rings. The van der Waals surface area contributed by atoms with Gasteiger partial charge in [0.05, 0.1) is 11.1 Å². The van der Waals surface area contributed by atoms with Crippen LogP contribution < -0.4 is 10.0 Å². The Kier molecular flexibility index (Phi) is 5.29. The first-order chi connectivity index (χ1) is 14.0. The molecule has 0 saturated heterocycles. The van der Waals surface area contributed by atoms with Crippen molar-refractivity contribution in [3.05, 3.63) is 65.5 Å². The highest BCUT2D eigenvalue weighted by molar-refractivity contribution is 7.93. The van der Waals surface area contributed by atoms with Crippen molar-refractivity contribution < 1.29 is 13.2 Å². The molecule has 9 nitrogen and oxygen atoms in total. The van der Waals surface area contributed by atoms with Gasteiger partial charge >= 0.3 is 0 Å². The highest BCUT2D eigenvalue weighted by Gasteiger charge is 2.16. The summed E-state index contributed by atoms with van der Waals surface area (Å²) in [4.78, 5) is 28.8. The largest absolute Gasteiger partial charge is 0.321 e. The summed E-state index contributed by atoms with van der Waals surface area (Å²) in [5, 5.41) is 6.85. The molecule has 0 aliphatic rings. The fraction of sp³-hybridized carbons (Fsp3) is 0. The fourth-order valence-electron chi connectivity index (χ4n) is 2.27. The Morgan fingerprint density at radius 3 is 2.52 bits per heavy atom. The average Bonchev–Trinajstić information content (AvgIpc) is 3.41. The lowest BCUT2D eigenvalue weighted by molar-refractivity contribution is 0.102. The van der Waals surface area contributed by atoms with E-state index >= 15 is 0 Å². The zero-order valence-corrected chi connectivity index (χ0v) is 17.0. The van der Waals surface area contributed by atoms with Gasteiger partial charge in [-0.25, -0.2) is 18.4 Å². The van der Waals surface area contributed by atoms with Crippen molar-refractivity contribution in [3.8, 4) is 10.7 Å². The van der Waals surface area contributed by atoms with Crippen molar-refractivity contribution in [3.63, 3.8) is 0 Å². The van der Waals surface area contributed by atoms with Crippen LogP contribution in [0.25, 0.3) is 10.7 Å². The molecule has 1 aromatic carbocycles. The number of benzene rings is 1. The fourth-order valence-corrected chi connectivity index (χ4v) is 4.81. The van der Waals surface area contributed by atoms with Crippen LogP contribution in [0.1, 0.15) is 10.5 Å². The molecular weight excluding hydrogens is 432 g/mol. The third kappa shape index (κ3) is 4.45. The van der Waals surface area contributed by atoms with Gasteiger partial charge in [-0.2, -0.15) is 0 Å². The van der Waals surface area contributed by atoms with E-state index in [1.807, 2.05) is 0 Å². The summed E-state index contributed by atoms with van der Waals surface area (Å²) in [5.74, 6) is -0.409. The van der Waals surface area contributed by atoms with Crippen LogP contribution in [0.15, 0.2) is 64.7 Å². The summed E-state index contributed by atoms with van der Waals surface area (Å²) in [6, 6.07) is 5.81. The van der Waals surface area contributed by atoms with Crippen molar-refractivity contribution in [1.29, 1.82) is 0 Å². The summed E-state index contributed by atoms with van der Waals surface area (Å²) < 4.78 is 27.1. The molecule has 2 N–H and O–H groups in total. The maximum Gasteiger partial charge on any atom is 0.275 e. The van der Waals surface area contributed by atoms with Gasteiger partial charge in [0.1, 0.15) is 16.4 Å². The Morgan fingerprint density at radius 1 is 1.00 bits per heavy atom. The number of nitrogens with zero attached hydrogens (tertiary/aromatic N) is 4. The van der Waals surface area contributed by atoms with Gasteiger partial charge in [0, 0.05) is 35.0 Å². The lowest BCUT2D eigenvalue weighted by Gasteiger charge is -2.07. The van der Waals surface area contributed by atoms with Gasteiger partial charge in [-0.3, -0.25) is 19.5 Å². The van der Waals surface area contributed by atoms with Crippen molar-refractivity contribution in [2.45, 2.75) is 4.90 Å². The monoisotopic (exact) mass is 444 g/mol. The number of sulfonamides is 1. The summed E-state index contributed by atoms with van der Waals surface area (Å²) in [7, 11) is -3.75. The smallest absolute Gasteiger partial charge is 0.275 e. The van der Waals surface area contributed by atoms with E-state index in [-0.39, 0.29) is 15.7 Å². The number of thiazole rings is 2. The van der Waals surface area contributed by atoms with Gasteiger partial charge < -0.3 is 5.32 Å². The molecule has 0 bridgehead atoms. The molecule has 0 radical (unpaired) electrons. The molecule has 0 spiro atoms. The molecule has 0 unspecified atom stereocenters. The molecule has 0 fully saturated rings. The van der Waals surface area contributed by atoms with Gasteiger partial charge in [0.25, 0.3) is 15.9 Å². The second-order valence-electron chi connectivity index (χ2n) is 5.55. The van der Waals surface area contributed by atoms with E-state index in [2.05, 4.69) is 30.0 Å². The van der Waals surface area contributed by atoms with Crippen molar-refractivity contribution in [2.24, 2.45) is 0 Å². The predicted molar refractivity (Wildman–Crippen MR) is 110 cm³/mol. The van der Waals surface area contributed by atoms with Crippen molar-refractivity contribution in [1.82, 2.24) is 19.9 Å². The number of hydrogen-bond acceptors (Lipinski definition) is 9. The van der Waals surface area contributed by atoms with Crippen molar-refractivity contribution in [2.75, 3.05) is 10.0 Å². The first kappa shape index (κ1) is 19.1. The minimum absolute atomic E-state index is 0.0595. The van der Waals surface area contributed by atoms with Crippen LogP contribution in [0.4, 0.5) is 10.8 Å². The van der Waals surface area contributed by atoms with Crippen LogP contribution in [-0.4, -0.2) is 34.3 Å². The molecule has 1 amide bonds. The van der Waals surface area contributed by atoms with Crippen LogP contribution in [0.5, 0.6) is 0 Å². The Balaban J connectivity index is 1.45. The van der Waals surface area contributed by atoms with E-state index in [0.717, 1.165) is 0 Å². The SMILES string of the molecule is O=C(Nc1ccc(S(=O)(=O)Nc2nccs2)cc1)c1csc(-c2cnccn2)n1. The highest BCUT2D eigenvalue weighted by Crippen LogP contribution is 2.22. The van der Waals surface area contributed by atoms with Crippen LogP contribution in [-0.2, 0) is 10.0 Å². The summed E-state index contributed by atoms with van der Waals surface area (Å²) in [6.45, 7) is 0. The number of carbonyl (C=O) groups is 1. The van der Waals surface area contributed by atoms with E-state index in [1.165, 1.54) is 53.1 Å². The van der Waals surface area contributed by atoms with Gasteiger partial charge in [-0.1, -0.05) is 0 Å². The normalized spacial score (nSPS) is 11.2. The molecule has 0 atom stereocenters. The topological polar surface area (TPSA) is 127 Å². The standard InChI is InChI=1S/C17H12N6O3S3/c24-15(14-10-28-16(22-14)13-9-18-5-6-19-13)21-11-1-3-12(4-2-11)29(25,26)23-17-20-7-8-27-17/h1-10H,(H,20,23)(H,21,24). The third-order valence-corrected chi connectivity index (χ3v) is 6.63. The molecule has 29 heavy (non-hydrogen) atoms. The van der Waals surface area contributed by atoms with Gasteiger partial charge in [-0.05, 0) is 24.3 Å². The van der Waals surface area contributed by atoms with Crippen molar-refractivity contribution >= 4 is 49.4 Å². The zero-order valence-electron chi connectivity index (χ0n) is 14.5. The Labute approximate surface area is 173 Å². The Morgan fingerprint density at radius 2 is 1.83 bits per heavy atom. The lowest BCUT2D eigenvalue weighted by atomic mass is 10.3. The van der Waals surface area contributed by atoms with E-state index < -0.39 is 15.9 Å². The minimum Gasteiger partial charge on any atom is -0.321 e. The molecular formula is C17H12N6O3S3. The Bertz CT molecular complexity index is 1220. The van der Waals surface area contributed by atoms with E-state index in [0.29, 0.717) is 16.4 Å². The molecule has 4 rings (SSSR count). The quantitative estimate of drug-likeness (QED) is 0.468. The predicted octanol–water partition coefficient (Wildman–Crippen LogP) is 3.11. The molecule has 0 aliphatic heterocycles. The second-order valence-corrected chi connectivity index (χ2v) is 8.98. The van der Waals surface area contributed by atoms with E-state index in [4.69, 9.17) is 0 Å². The number of hydrogen-bond donors (Lipinski definition) is 2. The van der Waals surface area contributed by atoms with Crippen LogP contribution in [0.2, 0.25) is 0 Å². The number of anilines is 2. The number of amides is 1. The lowest BCUT2D eigenvalue weighted by Crippen LogP contribution is -2.14. The van der Waals surface area contributed by atoms with Gasteiger partial charge in [0.15, 0.2) is 5.13 Å². The van der Waals surface area contributed by atoms with Gasteiger partial charge in [-0.15, -0.1) is 22.7 Å². The summed E-state index contributed by atoms with van der Waals surface area (Å²) in [6.07, 6.45) is 6.19. The van der Waals surface area contributed by atoms with Gasteiger partial charge in [0.2, 0.25) is 0 Å². The van der Waals surface area contributed by atoms with E-state index in [9.17, 15) is 13.2 Å². The molecule has 0 saturated carbocycles. The molecule has 146 valence electrons. The zero-order chi connectivity index (χ0) is 20.3. The minimum atomic E-state index is -3.75. The molecule has 3 aromatic heterocycles. The summed E-state index contributed by atoms with van der Waals surface area (Å²) in [5.41, 5.74) is 1.26. The molecule has 3 heterocycles. The molecule has 0 aliphatic carbocycles. The Hall–Kier alpha value is -3.22. The summed E-state index contributed by atoms with van der Waals surface area (Å²) >= 11 is 2.46. The number of nitrogens with one attached hydrogen (secondary N) is 2. The highest BCUT2D eigenvalue weighted by atomic mass is 32.2. The number of aromatic nitrogens is 4. The van der Waals surface area contributed by atoms with Crippen LogP contribution >= 0.6 is 22.7 Å². The second kappa shape index (κ2) is 8.03. The first-order valence-corrected chi connectivity index (χ1v) is 11.3. The maximum absolute atomic E-state index is 12.4. The first-order valence-electron chi connectivity index (χ1n) is 8.07. The number of carbonyl (C=O) groups excluding carboxylic acids is 1. The maximum atomic E-state index is 12.4. The third-order valence-electron chi connectivity index (χ3n) is 3.60. The molecule has 12 heteroatoms. The van der Waals surface area contributed by atoms with E-state index in [1.54, 1.807) is 29.4 Å².